The second-order valence-electron chi connectivity index (χ2n) is 3.57. The van der Waals surface area contributed by atoms with Crippen molar-refractivity contribution in [1.29, 1.82) is 0 Å². The molecular weight excluding hydrogens is 212 g/mol. The van der Waals surface area contributed by atoms with Gasteiger partial charge < -0.3 is 15.7 Å². The monoisotopic (exact) mass is 230 g/mol. The summed E-state index contributed by atoms with van der Waals surface area (Å²) in [5, 5.41) is 8.57. The second kappa shape index (κ2) is 7.67. The Kier molecular flexibility index (Phi) is 6.91. The zero-order valence-corrected chi connectivity index (χ0v) is 9.44. The van der Waals surface area contributed by atoms with Gasteiger partial charge in [-0.2, -0.15) is 0 Å². The summed E-state index contributed by atoms with van der Waals surface area (Å²) in [5.41, 5.74) is 4.94. The first-order valence-corrected chi connectivity index (χ1v) is 5.25. The molecule has 6 heteroatoms. The number of carbonyl (C=O) groups excluding carboxylic acids is 2. The van der Waals surface area contributed by atoms with Gasteiger partial charge >= 0.3 is 5.97 Å². The molecule has 0 aromatic carbocycles. The summed E-state index contributed by atoms with van der Waals surface area (Å²) >= 11 is 0. The molecule has 16 heavy (non-hydrogen) atoms. The molecule has 0 unspecified atom stereocenters. The van der Waals surface area contributed by atoms with Crippen molar-refractivity contribution in [3.8, 4) is 0 Å². The molecule has 0 aliphatic rings. The molecule has 0 saturated heterocycles. The molecule has 0 aromatic heterocycles. The van der Waals surface area contributed by atoms with Gasteiger partial charge in [-0.15, -0.1) is 0 Å². The third-order valence-electron chi connectivity index (χ3n) is 2.02. The van der Waals surface area contributed by atoms with Crippen LogP contribution in [-0.2, 0) is 14.4 Å². The predicted octanol–water partition coefficient (Wildman–Crippen LogP) is -0.0348. The van der Waals surface area contributed by atoms with Crippen molar-refractivity contribution in [2.75, 3.05) is 13.1 Å². The Morgan fingerprint density at radius 2 is 1.81 bits per heavy atom. The molecule has 0 atom stereocenters. The van der Waals surface area contributed by atoms with Crippen LogP contribution >= 0.6 is 0 Å². The fraction of sp³-hybridized carbons (Fsp3) is 0.700. The highest BCUT2D eigenvalue weighted by molar-refractivity contribution is 5.86. The van der Waals surface area contributed by atoms with E-state index in [4.69, 9.17) is 10.8 Å². The van der Waals surface area contributed by atoms with Crippen LogP contribution in [0.15, 0.2) is 0 Å². The van der Waals surface area contributed by atoms with E-state index in [2.05, 4.69) is 0 Å². The van der Waals surface area contributed by atoms with Gasteiger partial charge in [0.2, 0.25) is 11.8 Å². The molecule has 92 valence electrons. The Morgan fingerprint density at radius 1 is 1.19 bits per heavy atom. The summed E-state index contributed by atoms with van der Waals surface area (Å²) in [6.07, 6.45) is 2.84. The van der Waals surface area contributed by atoms with Crippen LogP contribution in [0.25, 0.3) is 0 Å². The third-order valence-corrected chi connectivity index (χ3v) is 2.02. The van der Waals surface area contributed by atoms with Gasteiger partial charge in [0.05, 0.1) is 6.54 Å². The highest BCUT2D eigenvalue weighted by Crippen LogP contribution is 2.03. The minimum Gasteiger partial charge on any atom is -0.480 e. The molecule has 3 N–H and O–H groups in total. The lowest BCUT2D eigenvalue weighted by Crippen LogP contribution is -2.41. The number of amides is 2. The van der Waals surface area contributed by atoms with Crippen LogP contribution in [0.2, 0.25) is 0 Å². The maximum atomic E-state index is 11.5. The van der Waals surface area contributed by atoms with E-state index < -0.39 is 18.4 Å². The summed E-state index contributed by atoms with van der Waals surface area (Å²) in [7, 11) is 0. The van der Waals surface area contributed by atoms with Gasteiger partial charge in [0.25, 0.3) is 0 Å². The maximum Gasteiger partial charge on any atom is 0.323 e. The highest BCUT2D eigenvalue weighted by atomic mass is 16.4. The normalized spacial score (nSPS) is 9.81. The van der Waals surface area contributed by atoms with Crippen LogP contribution in [0.4, 0.5) is 0 Å². The molecule has 0 heterocycles. The maximum absolute atomic E-state index is 11.5. The first-order valence-electron chi connectivity index (χ1n) is 5.25. The van der Waals surface area contributed by atoms with Crippen molar-refractivity contribution in [3.63, 3.8) is 0 Å². The number of nitrogens with two attached hydrogens (primary N) is 1. The number of hydrogen-bond acceptors (Lipinski definition) is 3. The van der Waals surface area contributed by atoms with Gasteiger partial charge in [0, 0.05) is 6.42 Å². The number of aliphatic carboxylic acids is 1. The van der Waals surface area contributed by atoms with Crippen molar-refractivity contribution in [3.05, 3.63) is 0 Å². The molecule has 2 amide bonds. The van der Waals surface area contributed by atoms with E-state index in [-0.39, 0.29) is 18.9 Å². The van der Waals surface area contributed by atoms with Crippen molar-refractivity contribution < 1.29 is 19.5 Å². The first-order chi connectivity index (χ1) is 7.47. The number of carboxylic acids is 1. The van der Waals surface area contributed by atoms with Gasteiger partial charge in [0.15, 0.2) is 0 Å². The van der Waals surface area contributed by atoms with E-state index in [0.717, 1.165) is 17.7 Å². The SMILES string of the molecule is CCCCCC(=O)N(CC(N)=O)CC(=O)O. The van der Waals surface area contributed by atoms with Gasteiger partial charge in [-0.3, -0.25) is 14.4 Å². The summed E-state index contributed by atoms with van der Waals surface area (Å²) in [6.45, 7) is 1.19. The lowest BCUT2D eigenvalue weighted by molar-refractivity contribution is -0.145. The van der Waals surface area contributed by atoms with Crippen LogP contribution in [0.5, 0.6) is 0 Å². The van der Waals surface area contributed by atoms with Gasteiger partial charge in [0.1, 0.15) is 6.54 Å². The minimum absolute atomic E-state index is 0.258. The first kappa shape index (κ1) is 14.4. The van der Waals surface area contributed by atoms with Crippen LogP contribution in [0.1, 0.15) is 32.6 Å². The van der Waals surface area contributed by atoms with Crippen LogP contribution in [-0.4, -0.2) is 40.9 Å². The number of nitrogens with zero attached hydrogens (tertiary/aromatic N) is 1. The fourth-order valence-corrected chi connectivity index (χ4v) is 1.27. The molecule has 0 bridgehead atoms. The number of primary amides is 1. The summed E-state index contributed by atoms with van der Waals surface area (Å²) in [4.78, 5) is 33.7. The summed E-state index contributed by atoms with van der Waals surface area (Å²) in [5.74, 6) is -2.19. The molecule has 0 radical (unpaired) electrons. The Bertz CT molecular complexity index is 250. The van der Waals surface area contributed by atoms with Crippen molar-refractivity contribution >= 4 is 17.8 Å². The lowest BCUT2D eigenvalue weighted by Gasteiger charge is -2.18. The minimum atomic E-state index is -1.15. The highest BCUT2D eigenvalue weighted by Gasteiger charge is 2.17. The number of hydrogen-bond donors (Lipinski definition) is 2. The summed E-state index contributed by atoms with van der Waals surface area (Å²) < 4.78 is 0. The Hall–Kier alpha value is -1.59. The van der Waals surface area contributed by atoms with E-state index in [1.807, 2.05) is 6.92 Å². The van der Waals surface area contributed by atoms with Crippen molar-refractivity contribution in [2.24, 2.45) is 5.73 Å². The van der Waals surface area contributed by atoms with E-state index >= 15 is 0 Å². The van der Waals surface area contributed by atoms with Crippen molar-refractivity contribution in [1.82, 2.24) is 4.90 Å². The Balaban J connectivity index is 4.20. The molecule has 0 aliphatic carbocycles. The second-order valence-corrected chi connectivity index (χ2v) is 3.57. The van der Waals surface area contributed by atoms with Crippen molar-refractivity contribution in [2.45, 2.75) is 32.6 Å². The molecule has 0 rings (SSSR count). The standard InChI is InChI=1S/C10H18N2O4/c1-2-3-4-5-9(14)12(6-8(11)13)7-10(15)16/h2-7H2,1H3,(H2,11,13)(H,15,16). The zero-order valence-electron chi connectivity index (χ0n) is 9.44. The smallest absolute Gasteiger partial charge is 0.323 e. The number of carboxylic acid groups (broad SMARTS) is 1. The molecule has 0 fully saturated rings. The predicted molar refractivity (Wildman–Crippen MR) is 57.6 cm³/mol. The Morgan fingerprint density at radius 3 is 2.25 bits per heavy atom. The van der Waals surface area contributed by atoms with Gasteiger partial charge in [-0.25, -0.2) is 0 Å². The van der Waals surface area contributed by atoms with Crippen LogP contribution in [0, 0.1) is 0 Å². The van der Waals surface area contributed by atoms with E-state index in [0.29, 0.717) is 6.42 Å². The number of unbranched alkanes of at least 4 members (excludes halogenated alkanes) is 2. The summed E-state index contributed by atoms with van der Waals surface area (Å²) in [6, 6.07) is 0. The quantitative estimate of drug-likeness (QED) is 0.571. The Labute approximate surface area is 94.4 Å². The average Bonchev–Trinajstić information content (AvgIpc) is 2.15. The molecule has 0 aliphatic heterocycles. The van der Waals surface area contributed by atoms with Crippen LogP contribution < -0.4 is 5.73 Å². The molecule has 0 saturated carbocycles. The molecule has 0 spiro atoms. The topological polar surface area (TPSA) is 101 Å². The third kappa shape index (κ3) is 6.80. The van der Waals surface area contributed by atoms with Gasteiger partial charge in [-0.1, -0.05) is 19.8 Å². The largest absolute Gasteiger partial charge is 0.480 e. The molecular formula is C10H18N2O4. The van der Waals surface area contributed by atoms with Crippen LogP contribution in [0.3, 0.4) is 0 Å². The fourth-order valence-electron chi connectivity index (χ4n) is 1.27. The molecule has 6 nitrogen and oxygen atoms in total. The average molecular weight is 230 g/mol. The van der Waals surface area contributed by atoms with Gasteiger partial charge in [-0.05, 0) is 6.42 Å². The van der Waals surface area contributed by atoms with E-state index in [1.165, 1.54) is 0 Å². The lowest BCUT2D eigenvalue weighted by atomic mass is 10.2. The number of carbonyl (C=O) groups is 3. The van der Waals surface area contributed by atoms with E-state index in [9.17, 15) is 14.4 Å². The van der Waals surface area contributed by atoms with E-state index in [1.54, 1.807) is 0 Å². The number of rotatable bonds is 8. The zero-order chi connectivity index (χ0) is 12.6. The molecule has 0 aromatic rings.